The molecular weight excluding hydrogens is 225 g/mol. The number of benzene rings is 1. The van der Waals surface area contributed by atoms with Crippen LogP contribution >= 0.6 is 0 Å². The van der Waals surface area contributed by atoms with Gasteiger partial charge in [0.2, 0.25) is 5.95 Å². The molecule has 0 saturated heterocycles. The summed E-state index contributed by atoms with van der Waals surface area (Å²) in [6, 6.07) is 4.18. The van der Waals surface area contributed by atoms with Crippen molar-refractivity contribution in [2.24, 2.45) is 0 Å². The summed E-state index contributed by atoms with van der Waals surface area (Å²) in [7, 11) is 0. The standard InChI is InChI=1S/C10H8FN5O/c11-8-6(2-1-3-7(8)12)9(17)16-10-14-4-13-5-15-10/h1-5H,12H2,(H,13,14,15,16,17). The highest BCUT2D eigenvalue weighted by atomic mass is 19.1. The molecule has 7 heteroatoms. The van der Waals surface area contributed by atoms with E-state index in [9.17, 15) is 9.18 Å². The summed E-state index contributed by atoms with van der Waals surface area (Å²) in [4.78, 5) is 22.6. The van der Waals surface area contributed by atoms with Gasteiger partial charge in [-0.15, -0.1) is 0 Å². The van der Waals surface area contributed by atoms with Crippen molar-refractivity contribution in [1.82, 2.24) is 15.0 Å². The van der Waals surface area contributed by atoms with Crippen LogP contribution < -0.4 is 11.1 Å². The quantitative estimate of drug-likeness (QED) is 0.750. The van der Waals surface area contributed by atoms with Crippen LogP contribution in [0.5, 0.6) is 0 Å². The van der Waals surface area contributed by atoms with Gasteiger partial charge in [0.15, 0.2) is 5.82 Å². The van der Waals surface area contributed by atoms with Gasteiger partial charge in [0, 0.05) is 0 Å². The highest BCUT2D eigenvalue weighted by molar-refractivity contribution is 6.04. The molecule has 0 aliphatic rings. The third kappa shape index (κ3) is 2.33. The van der Waals surface area contributed by atoms with Gasteiger partial charge in [-0.2, -0.15) is 0 Å². The minimum atomic E-state index is -0.765. The predicted octanol–water partition coefficient (Wildman–Crippen LogP) is 0.845. The number of carbonyl (C=O) groups excluding carboxylic acids is 1. The number of nitrogens with one attached hydrogen (secondary N) is 1. The number of amides is 1. The monoisotopic (exact) mass is 233 g/mol. The molecule has 0 radical (unpaired) electrons. The van der Waals surface area contributed by atoms with E-state index in [1.165, 1.54) is 30.9 Å². The van der Waals surface area contributed by atoms with Crippen LogP contribution in [0.1, 0.15) is 10.4 Å². The molecule has 1 heterocycles. The normalized spacial score (nSPS) is 9.94. The average molecular weight is 233 g/mol. The van der Waals surface area contributed by atoms with E-state index < -0.39 is 11.7 Å². The Bertz CT molecular complexity index is 546. The van der Waals surface area contributed by atoms with Crippen molar-refractivity contribution in [2.75, 3.05) is 11.1 Å². The maximum Gasteiger partial charge on any atom is 0.261 e. The van der Waals surface area contributed by atoms with Gasteiger partial charge in [-0.1, -0.05) is 6.07 Å². The predicted molar refractivity (Wildman–Crippen MR) is 58.6 cm³/mol. The van der Waals surface area contributed by atoms with Crippen LogP contribution in [0.2, 0.25) is 0 Å². The van der Waals surface area contributed by atoms with Gasteiger partial charge in [-0.05, 0) is 12.1 Å². The minimum Gasteiger partial charge on any atom is -0.396 e. The Morgan fingerprint density at radius 1 is 1.29 bits per heavy atom. The molecule has 0 fully saturated rings. The number of anilines is 2. The van der Waals surface area contributed by atoms with Crippen molar-refractivity contribution in [2.45, 2.75) is 0 Å². The van der Waals surface area contributed by atoms with Crippen LogP contribution in [-0.4, -0.2) is 20.9 Å². The summed E-state index contributed by atoms with van der Waals surface area (Å²) >= 11 is 0. The summed E-state index contributed by atoms with van der Waals surface area (Å²) in [6.45, 7) is 0. The summed E-state index contributed by atoms with van der Waals surface area (Å²) < 4.78 is 13.5. The first kappa shape index (κ1) is 10.9. The topological polar surface area (TPSA) is 93.8 Å². The fraction of sp³-hybridized carbons (Fsp3) is 0. The Balaban J connectivity index is 2.24. The minimum absolute atomic E-state index is 0.0480. The van der Waals surface area contributed by atoms with Crippen LogP contribution in [0.15, 0.2) is 30.9 Å². The van der Waals surface area contributed by atoms with Gasteiger partial charge in [0.1, 0.15) is 12.7 Å². The third-order valence-corrected chi connectivity index (χ3v) is 1.99. The van der Waals surface area contributed by atoms with Crippen molar-refractivity contribution in [3.8, 4) is 0 Å². The molecule has 0 atom stereocenters. The second-order valence-corrected chi connectivity index (χ2v) is 3.12. The molecule has 0 aliphatic heterocycles. The number of nitrogen functional groups attached to an aromatic ring is 1. The highest BCUT2D eigenvalue weighted by Crippen LogP contribution is 2.15. The number of hydrogen-bond acceptors (Lipinski definition) is 5. The van der Waals surface area contributed by atoms with E-state index in [-0.39, 0.29) is 17.2 Å². The van der Waals surface area contributed by atoms with Gasteiger partial charge in [0.25, 0.3) is 5.91 Å². The van der Waals surface area contributed by atoms with E-state index >= 15 is 0 Å². The fourth-order valence-electron chi connectivity index (χ4n) is 1.20. The van der Waals surface area contributed by atoms with Crippen LogP contribution in [0.3, 0.4) is 0 Å². The lowest BCUT2D eigenvalue weighted by molar-refractivity contribution is 0.102. The molecule has 2 rings (SSSR count). The van der Waals surface area contributed by atoms with Crippen molar-refractivity contribution >= 4 is 17.5 Å². The lowest BCUT2D eigenvalue weighted by Crippen LogP contribution is -2.16. The Hall–Kier alpha value is -2.57. The van der Waals surface area contributed by atoms with E-state index in [2.05, 4.69) is 20.3 Å². The zero-order valence-corrected chi connectivity index (χ0v) is 8.59. The van der Waals surface area contributed by atoms with Crippen LogP contribution in [-0.2, 0) is 0 Å². The van der Waals surface area contributed by atoms with E-state index in [1.54, 1.807) is 0 Å². The number of rotatable bonds is 2. The molecule has 3 N–H and O–H groups in total. The third-order valence-electron chi connectivity index (χ3n) is 1.99. The first-order valence-electron chi connectivity index (χ1n) is 4.66. The number of halogens is 1. The first-order valence-corrected chi connectivity index (χ1v) is 4.66. The molecule has 6 nitrogen and oxygen atoms in total. The lowest BCUT2D eigenvalue weighted by Gasteiger charge is -2.05. The van der Waals surface area contributed by atoms with E-state index in [0.29, 0.717) is 0 Å². The van der Waals surface area contributed by atoms with Gasteiger partial charge in [0.05, 0.1) is 11.3 Å². The zero-order valence-electron chi connectivity index (χ0n) is 8.59. The van der Waals surface area contributed by atoms with Crippen LogP contribution in [0.25, 0.3) is 0 Å². The Morgan fingerprint density at radius 3 is 2.71 bits per heavy atom. The van der Waals surface area contributed by atoms with Gasteiger partial charge in [-0.3, -0.25) is 10.1 Å². The van der Waals surface area contributed by atoms with Gasteiger partial charge in [-0.25, -0.2) is 19.3 Å². The second-order valence-electron chi connectivity index (χ2n) is 3.12. The molecule has 1 aromatic carbocycles. The number of aromatic nitrogens is 3. The number of nitrogens with two attached hydrogens (primary N) is 1. The SMILES string of the molecule is Nc1cccc(C(=O)Nc2ncncn2)c1F. The Morgan fingerprint density at radius 2 is 2.00 bits per heavy atom. The lowest BCUT2D eigenvalue weighted by atomic mass is 10.2. The van der Waals surface area contributed by atoms with E-state index in [1.807, 2.05) is 0 Å². The largest absolute Gasteiger partial charge is 0.396 e. The van der Waals surface area contributed by atoms with E-state index in [0.717, 1.165) is 0 Å². The van der Waals surface area contributed by atoms with Crippen LogP contribution in [0.4, 0.5) is 16.0 Å². The van der Waals surface area contributed by atoms with Crippen molar-refractivity contribution in [3.63, 3.8) is 0 Å². The molecule has 0 spiro atoms. The first-order chi connectivity index (χ1) is 8.18. The summed E-state index contributed by atoms with van der Waals surface area (Å²) in [5, 5.41) is 2.33. The Labute approximate surface area is 95.7 Å². The molecule has 1 amide bonds. The van der Waals surface area contributed by atoms with Gasteiger partial charge < -0.3 is 5.73 Å². The summed E-state index contributed by atoms with van der Waals surface area (Å²) in [6.07, 6.45) is 2.44. The molecule has 0 bridgehead atoms. The molecular formula is C10H8FN5O. The molecule has 17 heavy (non-hydrogen) atoms. The molecule has 86 valence electrons. The molecule has 2 aromatic rings. The zero-order chi connectivity index (χ0) is 12.3. The number of hydrogen-bond donors (Lipinski definition) is 2. The maximum atomic E-state index is 13.5. The van der Waals surface area contributed by atoms with Crippen molar-refractivity contribution < 1.29 is 9.18 Å². The fourth-order valence-corrected chi connectivity index (χ4v) is 1.20. The number of carbonyl (C=O) groups is 1. The maximum absolute atomic E-state index is 13.5. The molecule has 0 aliphatic carbocycles. The average Bonchev–Trinajstić information content (AvgIpc) is 2.34. The Kier molecular flexibility index (Phi) is 2.91. The molecule has 0 unspecified atom stereocenters. The highest BCUT2D eigenvalue weighted by Gasteiger charge is 2.14. The van der Waals surface area contributed by atoms with E-state index in [4.69, 9.17) is 5.73 Å². The molecule has 1 aromatic heterocycles. The summed E-state index contributed by atoms with van der Waals surface area (Å²) in [5.74, 6) is -1.38. The number of nitrogens with zero attached hydrogens (tertiary/aromatic N) is 3. The van der Waals surface area contributed by atoms with Crippen LogP contribution in [0, 0.1) is 5.82 Å². The van der Waals surface area contributed by atoms with Gasteiger partial charge >= 0.3 is 0 Å². The van der Waals surface area contributed by atoms with Crippen molar-refractivity contribution in [1.29, 1.82) is 0 Å². The molecule has 0 saturated carbocycles. The van der Waals surface area contributed by atoms with Crippen molar-refractivity contribution in [3.05, 3.63) is 42.2 Å². The summed E-state index contributed by atoms with van der Waals surface area (Å²) in [5.41, 5.74) is 5.10. The smallest absolute Gasteiger partial charge is 0.261 e. The second kappa shape index (κ2) is 4.52.